The van der Waals surface area contributed by atoms with E-state index in [9.17, 15) is 0 Å². The minimum absolute atomic E-state index is 0.549. The third-order valence-corrected chi connectivity index (χ3v) is 1.84. The van der Waals surface area contributed by atoms with Gasteiger partial charge >= 0.3 is 0 Å². The highest BCUT2D eigenvalue weighted by molar-refractivity contribution is 6.34. The molecule has 2 heterocycles. The van der Waals surface area contributed by atoms with Crippen molar-refractivity contribution in [1.29, 1.82) is 0 Å². The van der Waals surface area contributed by atoms with Crippen LogP contribution in [0.1, 0.15) is 0 Å². The summed E-state index contributed by atoms with van der Waals surface area (Å²) in [6, 6.07) is 1.79. The molecule has 2 aromatic rings. The summed E-state index contributed by atoms with van der Waals surface area (Å²) in [5.74, 6) is 0. The summed E-state index contributed by atoms with van der Waals surface area (Å²) in [5, 5.41) is 1.41. The standard InChI is InChI=1S/C8H6ClN3/c9-7-4-11-2-5-1-6(10)3-12-8(5)7/h1-4H,10H2. The summed E-state index contributed by atoms with van der Waals surface area (Å²) < 4.78 is 0. The van der Waals surface area contributed by atoms with Gasteiger partial charge in [0, 0.05) is 17.8 Å². The molecule has 0 saturated carbocycles. The van der Waals surface area contributed by atoms with Crippen LogP contribution in [-0.2, 0) is 0 Å². The van der Waals surface area contributed by atoms with E-state index in [0.29, 0.717) is 10.7 Å². The van der Waals surface area contributed by atoms with Gasteiger partial charge in [-0.3, -0.25) is 9.97 Å². The zero-order valence-electron chi connectivity index (χ0n) is 6.16. The van der Waals surface area contributed by atoms with Gasteiger partial charge in [0.05, 0.1) is 22.4 Å². The van der Waals surface area contributed by atoms with E-state index in [1.165, 1.54) is 0 Å². The van der Waals surface area contributed by atoms with Crippen molar-refractivity contribution in [3.05, 3.63) is 29.7 Å². The topological polar surface area (TPSA) is 51.8 Å². The van der Waals surface area contributed by atoms with Crippen molar-refractivity contribution < 1.29 is 0 Å². The van der Waals surface area contributed by atoms with Crippen LogP contribution in [0.4, 0.5) is 5.69 Å². The van der Waals surface area contributed by atoms with Crippen molar-refractivity contribution in [3.8, 4) is 0 Å². The number of anilines is 1. The fraction of sp³-hybridized carbons (Fsp3) is 0. The summed E-state index contributed by atoms with van der Waals surface area (Å²) >= 11 is 5.84. The van der Waals surface area contributed by atoms with Crippen LogP contribution in [0, 0.1) is 0 Å². The maximum Gasteiger partial charge on any atom is 0.0920 e. The van der Waals surface area contributed by atoms with Crippen LogP contribution in [-0.4, -0.2) is 9.97 Å². The van der Waals surface area contributed by atoms with E-state index in [2.05, 4.69) is 9.97 Å². The van der Waals surface area contributed by atoms with Crippen LogP contribution < -0.4 is 5.73 Å². The van der Waals surface area contributed by atoms with Gasteiger partial charge in [-0.15, -0.1) is 0 Å². The summed E-state index contributed by atoms with van der Waals surface area (Å²) in [5.41, 5.74) is 6.89. The van der Waals surface area contributed by atoms with Crippen molar-refractivity contribution in [3.63, 3.8) is 0 Å². The number of fused-ring (bicyclic) bond motifs is 1. The highest BCUT2D eigenvalue weighted by atomic mass is 35.5. The molecule has 0 atom stereocenters. The van der Waals surface area contributed by atoms with E-state index >= 15 is 0 Å². The Kier molecular flexibility index (Phi) is 1.59. The van der Waals surface area contributed by atoms with Crippen molar-refractivity contribution >= 4 is 28.2 Å². The smallest absolute Gasteiger partial charge is 0.0920 e. The molecule has 0 aliphatic carbocycles. The molecule has 2 N–H and O–H groups in total. The molecule has 60 valence electrons. The lowest BCUT2D eigenvalue weighted by Crippen LogP contribution is -1.88. The molecular weight excluding hydrogens is 174 g/mol. The predicted molar refractivity (Wildman–Crippen MR) is 49.0 cm³/mol. The monoisotopic (exact) mass is 179 g/mol. The Labute approximate surface area is 74.2 Å². The third-order valence-electron chi connectivity index (χ3n) is 1.57. The van der Waals surface area contributed by atoms with E-state index in [1.807, 2.05) is 0 Å². The van der Waals surface area contributed by atoms with Crippen LogP contribution in [0.3, 0.4) is 0 Å². The van der Waals surface area contributed by atoms with Crippen LogP contribution >= 0.6 is 11.6 Å². The molecule has 0 unspecified atom stereocenters. The van der Waals surface area contributed by atoms with Gasteiger partial charge in [0.25, 0.3) is 0 Å². The van der Waals surface area contributed by atoms with E-state index in [1.54, 1.807) is 24.7 Å². The Hall–Kier alpha value is -1.35. The van der Waals surface area contributed by atoms with Gasteiger partial charge in [-0.05, 0) is 6.07 Å². The molecule has 0 spiro atoms. The van der Waals surface area contributed by atoms with Gasteiger partial charge in [0.15, 0.2) is 0 Å². The Morgan fingerprint density at radius 3 is 2.92 bits per heavy atom. The lowest BCUT2D eigenvalue weighted by molar-refractivity contribution is 1.33. The number of hydrogen-bond acceptors (Lipinski definition) is 3. The number of nitrogens with zero attached hydrogens (tertiary/aromatic N) is 2. The molecule has 0 radical (unpaired) electrons. The summed E-state index contributed by atoms with van der Waals surface area (Å²) in [7, 11) is 0. The Balaban J connectivity index is 2.86. The third kappa shape index (κ3) is 1.08. The predicted octanol–water partition coefficient (Wildman–Crippen LogP) is 1.87. The second-order valence-electron chi connectivity index (χ2n) is 2.46. The molecule has 2 aromatic heterocycles. The molecule has 0 aliphatic rings. The molecule has 2 rings (SSSR count). The highest BCUT2D eigenvalue weighted by Crippen LogP contribution is 2.20. The van der Waals surface area contributed by atoms with Gasteiger partial charge < -0.3 is 5.73 Å². The van der Waals surface area contributed by atoms with Crippen molar-refractivity contribution in [2.24, 2.45) is 0 Å². The Morgan fingerprint density at radius 1 is 1.25 bits per heavy atom. The number of halogens is 1. The van der Waals surface area contributed by atoms with Crippen LogP contribution in [0.5, 0.6) is 0 Å². The average molecular weight is 180 g/mol. The summed E-state index contributed by atoms with van der Waals surface area (Å²) in [6.45, 7) is 0. The number of rotatable bonds is 0. The zero-order chi connectivity index (χ0) is 8.55. The van der Waals surface area contributed by atoms with Crippen molar-refractivity contribution in [2.75, 3.05) is 5.73 Å². The first-order valence-electron chi connectivity index (χ1n) is 3.42. The fourth-order valence-electron chi connectivity index (χ4n) is 1.04. The number of nitrogen functional groups attached to an aromatic ring is 1. The summed E-state index contributed by atoms with van der Waals surface area (Å²) in [6.07, 6.45) is 4.83. The molecule has 0 fully saturated rings. The first kappa shape index (κ1) is 7.31. The Bertz CT molecular complexity index is 428. The maximum absolute atomic E-state index is 5.84. The van der Waals surface area contributed by atoms with Crippen molar-refractivity contribution in [1.82, 2.24) is 9.97 Å². The summed E-state index contributed by atoms with van der Waals surface area (Å²) in [4.78, 5) is 8.01. The normalized spacial score (nSPS) is 10.4. The number of nitrogens with two attached hydrogens (primary N) is 1. The average Bonchev–Trinajstić information content (AvgIpc) is 2.04. The van der Waals surface area contributed by atoms with Gasteiger partial charge in [-0.25, -0.2) is 0 Å². The van der Waals surface area contributed by atoms with E-state index < -0.39 is 0 Å². The van der Waals surface area contributed by atoms with Gasteiger partial charge in [0.1, 0.15) is 0 Å². The van der Waals surface area contributed by atoms with E-state index in [4.69, 9.17) is 17.3 Å². The number of hydrogen-bond donors (Lipinski definition) is 1. The van der Waals surface area contributed by atoms with E-state index in [0.717, 1.165) is 10.9 Å². The molecule has 0 aliphatic heterocycles. The quantitative estimate of drug-likeness (QED) is 0.672. The second kappa shape index (κ2) is 2.60. The van der Waals surface area contributed by atoms with E-state index in [-0.39, 0.29) is 0 Å². The first-order chi connectivity index (χ1) is 5.77. The molecule has 4 heteroatoms. The molecule has 0 aromatic carbocycles. The van der Waals surface area contributed by atoms with Crippen molar-refractivity contribution in [2.45, 2.75) is 0 Å². The lowest BCUT2D eigenvalue weighted by Gasteiger charge is -1.98. The van der Waals surface area contributed by atoms with Gasteiger partial charge in [-0.2, -0.15) is 0 Å². The molecule has 12 heavy (non-hydrogen) atoms. The first-order valence-corrected chi connectivity index (χ1v) is 3.80. The molecule has 0 saturated heterocycles. The molecule has 0 bridgehead atoms. The van der Waals surface area contributed by atoms with Crippen LogP contribution in [0.25, 0.3) is 10.9 Å². The highest BCUT2D eigenvalue weighted by Gasteiger charge is 1.99. The van der Waals surface area contributed by atoms with Crippen LogP contribution in [0.2, 0.25) is 5.02 Å². The number of aromatic nitrogens is 2. The zero-order valence-corrected chi connectivity index (χ0v) is 6.92. The second-order valence-corrected chi connectivity index (χ2v) is 2.87. The minimum Gasteiger partial charge on any atom is -0.397 e. The maximum atomic E-state index is 5.84. The molecular formula is C8H6ClN3. The van der Waals surface area contributed by atoms with Gasteiger partial charge in [-0.1, -0.05) is 11.6 Å². The fourth-order valence-corrected chi connectivity index (χ4v) is 1.26. The van der Waals surface area contributed by atoms with Gasteiger partial charge in [0.2, 0.25) is 0 Å². The molecule has 3 nitrogen and oxygen atoms in total. The minimum atomic E-state index is 0.549. The molecule has 0 amide bonds. The van der Waals surface area contributed by atoms with Crippen LogP contribution in [0.15, 0.2) is 24.7 Å². The SMILES string of the molecule is Nc1cnc2c(Cl)cncc2c1. The lowest BCUT2D eigenvalue weighted by atomic mass is 10.2. The number of pyridine rings is 2. The Morgan fingerprint density at radius 2 is 2.08 bits per heavy atom. The largest absolute Gasteiger partial charge is 0.397 e.